The summed E-state index contributed by atoms with van der Waals surface area (Å²) in [4.78, 5) is 15.7. The van der Waals surface area contributed by atoms with Crippen LogP contribution in [0.15, 0.2) is 28.8 Å². The Hall–Kier alpha value is -2.24. The molecule has 0 aliphatic rings. The van der Waals surface area contributed by atoms with Gasteiger partial charge < -0.3 is 9.84 Å². The van der Waals surface area contributed by atoms with Crippen molar-refractivity contribution < 1.29 is 13.7 Å². The van der Waals surface area contributed by atoms with Crippen LogP contribution >= 0.6 is 0 Å². The third kappa shape index (κ3) is 5.33. The minimum Gasteiger partial charge on any atom is -0.356 e. The highest BCUT2D eigenvalue weighted by Gasteiger charge is 2.05. The van der Waals surface area contributed by atoms with Crippen LogP contribution in [-0.4, -0.2) is 22.6 Å². The van der Waals surface area contributed by atoms with Crippen molar-refractivity contribution in [3.05, 3.63) is 47.4 Å². The van der Waals surface area contributed by atoms with Gasteiger partial charge in [0.25, 0.3) is 0 Å². The summed E-state index contributed by atoms with van der Waals surface area (Å²) in [5.41, 5.74) is 0.998. The van der Waals surface area contributed by atoms with Crippen LogP contribution in [-0.2, 0) is 17.6 Å². The minimum absolute atomic E-state index is 0.00616. The first-order chi connectivity index (χ1) is 10.1. The third-order valence-electron chi connectivity index (χ3n) is 3.01. The average molecular weight is 291 g/mol. The molecule has 0 spiro atoms. The fraction of sp³-hybridized carbons (Fsp3) is 0.400. The van der Waals surface area contributed by atoms with Crippen molar-refractivity contribution >= 4 is 5.91 Å². The summed E-state index contributed by atoms with van der Waals surface area (Å²) in [6.07, 6.45) is 2.38. The van der Waals surface area contributed by atoms with E-state index >= 15 is 0 Å². The van der Waals surface area contributed by atoms with E-state index in [1.54, 1.807) is 19.1 Å². The Bertz CT molecular complexity index is 581. The van der Waals surface area contributed by atoms with E-state index in [1.165, 1.54) is 12.1 Å². The average Bonchev–Trinajstić information content (AvgIpc) is 2.87. The van der Waals surface area contributed by atoms with Crippen LogP contribution in [0.25, 0.3) is 0 Å². The van der Waals surface area contributed by atoms with Gasteiger partial charge in [-0.05, 0) is 37.5 Å². The minimum atomic E-state index is -0.251. The van der Waals surface area contributed by atoms with Gasteiger partial charge in [-0.15, -0.1) is 0 Å². The van der Waals surface area contributed by atoms with Gasteiger partial charge in [0, 0.05) is 19.4 Å². The van der Waals surface area contributed by atoms with Crippen LogP contribution < -0.4 is 5.32 Å². The van der Waals surface area contributed by atoms with Gasteiger partial charge in [0.2, 0.25) is 11.8 Å². The monoisotopic (exact) mass is 291 g/mol. The molecule has 2 rings (SSSR count). The van der Waals surface area contributed by atoms with E-state index in [1.807, 2.05) is 0 Å². The number of rotatable bonds is 7. The number of hydrogen-bond donors (Lipinski definition) is 1. The molecule has 1 amide bonds. The molecule has 5 nitrogen and oxygen atoms in total. The molecule has 0 saturated heterocycles. The number of hydrogen-bond acceptors (Lipinski definition) is 4. The summed E-state index contributed by atoms with van der Waals surface area (Å²) in [7, 11) is 0. The van der Waals surface area contributed by atoms with Crippen molar-refractivity contribution in [2.24, 2.45) is 0 Å². The van der Waals surface area contributed by atoms with Gasteiger partial charge in [-0.3, -0.25) is 4.79 Å². The van der Waals surface area contributed by atoms with E-state index in [4.69, 9.17) is 4.52 Å². The Morgan fingerprint density at radius 2 is 2.05 bits per heavy atom. The normalized spacial score (nSPS) is 10.6. The lowest BCUT2D eigenvalue weighted by Crippen LogP contribution is -2.25. The van der Waals surface area contributed by atoms with Crippen LogP contribution in [0.2, 0.25) is 0 Å². The van der Waals surface area contributed by atoms with E-state index in [2.05, 4.69) is 15.5 Å². The highest BCUT2D eigenvalue weighted by molar-refractivity contribution is 5.75. The number of amides is 1. The highest BCUT2D eigenvalue weighted by atomic mass is 19.1. The molecule has 0 fully saturated rings. The van der Waals surface area contributed by atoms with E-state index in [0.29, 0.717) is 43.9 Å². The molecule has 112 valence electrons. The summed E-state index contributed by atoms with van der Waals surface area (Å²) in [6.45, 7) is 2.30. The standard InChI is InChI=1S/C15H18FN3O2/c1-11-18-15(21-19-11)4-2-3-14(20)17-10-9-12-5-7-13(16)8-6-12/h5-8H,2-4,9-10H2,1H3,(H,17,20). The summed E-state index contributed by atoms with van der Waals surface area (Å²) in [5.74, 6) is 0.910. The molecule has 6 heteroatoms. The SMILES string of the molecule is Cc1noc(CCCC(=O)NCCc2ccc(F)cc2)n1. The van der Waals surface area contributed by atoms with Crippen molar-refractivity contribution in [1.29, 1.82) is 0 Å². The van der Waals surface area contributed by atoms with Crippen LogP contribution in [0.4, 0.5) is 4.39 Å². The second-order valence-corrected chi connectivity index (χ2v) is 4.82. The molecule has 0 aliphatic heterocycles. The molecule has 0 aliphatic carbocycles. The second kappa shape index (κ2) is 7.52. The molecule has 0 unspecified atom stereocenters. The first kappa shape index (κ1) is 15.2. The zero-order valence-corrected chi connectivity index (χ0v) is 11.9. The Morgan fingerprint density at radius 3 is 2.71 bits per heavy atom. The van der Waals surface area contributed by atoms with Gasteiger partial charge in [0.15, 0.2) is 5.82 Å². The van der Waals surface area contributed by atoms with E-state index in [0.717, 1.165) is 5.56 Å². The lowest BCUT2D eigenvalue weighted by atomic mass is 10.1. The molecule has 1 N–H and O–H groups in total. The van der Waals surface area contributed by atoms with E-state index in [9.17, 15) is 9.18 Å². The third-order valence-corrected chi connectivity index (χ3v) is 3.01. The molecule has 0 bridgehead atoms. The maximum atomic E-state index is 12.7. The summed E-state index contributed by atoms with van der Waals surface area (Å²) in [6, 6.07) is 6.28. The number of aromatic nitrogens is 2. The Labute approximate surface area is 122 Å². The van der Waals surface area contributed by atoms with Crippen LogP contribution in [0.5, 0.6) is 0 Å². The van der Waals surface area contributed by atoms with Gasteiger partial charge >= 0.3 is 0 Å². The lowest BCUT2D eigenvalue weighted by molar-refractivity contribution is -0.121. The summed E-state index contributed by atoms with van der Waals surface area (Å²) < 4.78 is 17.7. The number of benzene rings is 1. The van der Waals surface area contributed by atoms with Gasteiger partial charge in [-0.1, -0.05) is 17.3 Å². The molecular weight excluding hydrogens is 273 g/mol. The van der Waals surface area contributed by atoms with E-state index < -0.39 is 0 Å². The Morgan fingerprint density at radius 1 is 1.29 bits per heavy atom. The zero-order valence-electron chi connectivity index (χ0n) is 11.9. The molecular formula is C15H18FN3O2. The number of aryl methyl sites for hydroxylation is 2. The molecule has 21 heavy (non-hydrogen) atoms. The quantitative estimate of drug-likeness (QED) is 0.849. The van der Waals surface area contributed by atoms with Gasteiger partial charge in [-0.25, -0.2) is 4.39 Å². The Kier molecular flexibility index (Phi) is 5.43. The smallest absolute Gasteiger partial charge is 0.226 e. The summed E-state index contributed by atoms with van der Waals surface area (Å²) in [5, 5.41) is 6.53. The number of carbonyl (C=O) groups excluding carboxylic acids is 1. The van der Waals surface area contributed by atoms with Crippen molar-refractivity contribution in [3.8, 4) is 0 Å². The fourth-order valence-corrected chi connectivity index (χ4v) is 1.93. The number of nitrogens with one attached hydrogen (secondary N) is 1. The van der Waals surface area contributed by atoms with Crippen molar-refractivity contribution in [2.45, 2.75) is 32.6 Å². The fourth-order valence-electron chi connectivity index (χ4n) is 1.93. The summed E-state index contributed by atoms with van der Waals surface area (Å²) >= 11 is 0. The van der Waals surface area contributed by atoms with Gasteiger partial charge in [0.1, 0.15) is 5.82 Å². The molecule has 1 aromatic heterocycles. The number of carbonyl (C=O) groups is 1. The molecule has 1 heterocycles. The number of halogens is 1. The topological polar surface area (TPSA) is 68.0 Å². The molecule has 1 aromatic carbocycles. The van der Waals surface area contributed by atoms with E-state index in [-0.39, 0.29) is 11.7 Å². The Balaban J connectivity index is 1.60. The molecule has 0 saturated carbocycles. The van der Waals surface area contributed by atoms with Crippen LogP contribution in [0, 0.1) is 12.7 Å². The van der Waals surface area contributed by atoms with Crippen molar-refractivity contribution in [3.63, 3.8) is 0 Å². The first-order valence-corrected chi connectivity index (χ1v) is 6.94. The maximum absolute atomic E-state index is 12.7. The highest BCUT2D eigenvalue weighted by Crippen LogP contribution is 2.04. The first-order valence-electron chi connectivity index (χ1n) is 6.94. The number of nitrogens with zero attached hydrogens (tertiary/aromatic N) is 2. The predicted molar refractivity (Wildman–Crippen MR) is 75.1 cm³/mol. The predicted octanol–water partition coefficient (Wildman–Crippen LogP) is 2.20. The molecule has 0 atom stereocenters. The zero-order chi connectivity index (χ0) is 15.1. The van der Waals surface area contributed by atoms with Gasteiger partial charge in [0.05, 0.1) is 0 Å². The lowest BCUT2D eigenvalue weighted by Gasteiger charge is -2.05. The maximum Gasteiger partial charge on any atom is 0.226 e. The van der Waals surface area contributed by atoms with Crippen LogP contribution in [0.3, 0.4) is 0 Å². The molecule has 0 radical (unpaired) electrons. The van der Waals surface area contributed by atoms with Gasteiger partial charge in [-0.2, -0.15) is 4.98 Å². The van der Waals surface area contributed by atoms with Crippen molar-refractivity contribution in [1.82, 2.24) is 15.5 Å². The van der Waals surface area contributed by atoms with Crippen LogP contribution in [0.1, 0.15) is 30.1 Å². The largest absolute Gasteiger partial charge is 0.356 e. The van der Waals surface area contributed by atoms with Crippen molar-refractivity contribution in [2.75, 3.05) is 6.54 Å². The molecule has 2 aromatic rings. The second-order valence-electron chi connectivity index (χ2n) is 4.82.